The second-order valence-electron chi connectivity index (χ2n) is 3.34. The minimum absolute atomic E-state index is 0.197. The third kappa shape index (κ3) is 3.96. The van der Waals surface area contributed by atoms with E-state index in [9.17, 15) is 14.4 Å². The summed E-state index contributed by atoms with van der Waals surface area (Å²) in [7, 11) is 2.24. The molecular weight excluding hydrogens is 276 g/mol. The molecule has 0 unspecified atom stereocenters. The molecule has 0 aliphatic heterocycles. The summed E-state index contributed by atoms with van der Waals surface area (Å²) in [6.45, 7) is 0. The maximum atomic E-state index is 11.4. The zero-order valence-electron chi connectivity index (χ0n) is 10.2. The number of carbonyl (C=O) groups is 3. The molecule has 102 valence electrons. The lowest BCUT2D eigenvalue weighted by Gasteiger charge is -2.14. The number of halogens is 1. The number of hydrogen-bond donors (Lipinski definition) is 0. The normalized spacial score (nSPS) is 9.89. The zero-order chi connectivity index (χ0) is 14.4. The average molecular weight is 287 g/mol. The first kappa shape index (κ1) is 15.0. The van der Waals surface area contributed by atoms with Gasteiger partial charge in [0.15, 0.2) is 0 Å². The Bertz CT molecular complexity index is 465. The Labute approximate surface area is 114 Å². The van der Waals surface area contributed by atoms with E-state index in [1.54, 1.807) is 0 Å². The Hall–Kier alpha value is -2.08. The number of rotatable bonds is 5. The van der Waals surface area contributed by atoms with Crippen LogP contribution in [0.5, 0.6) is 5.75 Å². The van der Waals surface area contributed by atoms with Crippen molar-refractivity contribution in [3.05, 3.63) is 29.8 Å². The Morgan fingerprint density at radius 3 is 1.84 bits per heavy atom. The third-order valence-corrected chi connectivity index (χ3v) is 2.38. The molecule has 1 aromatic carbocycles. The van der Waals surface area contributed by atoms with Crippen LogP contribution in [0.4, 0.5) is 0 Å². The van der Waals surface area contributed by atoms with E-state index in [1.807, 2.05) is 0 Å². The van der Waals surface area contributed by atoms with E-state index >= 15 is 0 Å². The lowest BCUT2D eigenvalue weighted by atomic mass is 10.2. The molecule has 0 spiro atoms. The molecule has 0 fully saturated rings. The predicted octanol–water partition coefficient (Wildman–Crippen LogP) is 1.16. The largest absolute Gasteiger partial charge is 0.467 e. The van der Waals surface area contributed by atoms with Crippen molar-refractivity contribution in [2.24, 2.45) is 0 Å². The van der Waals surface area contributed by atoms with E-state index < -0.39 is 23.3 Å². The smallest absolute Gasteiger partial charge is 0.359 e. The van der Waals surface area contributed by atoms with Crippen molar-refractivity contribution in [3.8, 4) is 5.75 Å². The highest BCUT2D eigenvalue weighted by molar-refractivity contribution is 6.67. The summed E-state index contributed by atoms with van der Waals surface area (Å²) in [5, 5.41) is -0.621. The molecule has 7 heteroatoms. The maximum Gasteiger partial charge on any atom is 0.359 e. The van der Waals surface area contributed by atoms with Gasteiger partial charge in [-0.1, -0.05) is 0 Å². The van der Waals surface area contributed by atoms with Crippen LogP contribution < -0.4 is 4.74 Å². The lowest BCUT2D eigenvalue weighted by Crippen LogP contribution is -2.37. The molecule has 0 saturated heterocycles. The lowest BCUT2D eigenvalue weighted by molar-refractivity contribution is -0.163. The van der Waals surface area contributed by atoms with Gasteiger partial charge in [-0.25, -0.2) is 9.59 Å². The average Bonchev–Trinajstić information content (AvgIpc) is 2.43. The van der Waals surface area contributed by atoms with Crippen LogP contribution in [-0.4, -0.2) is 37.5 Å². The first-order valence-electron chi connectivity index (χ1n) is 5.11. The van der Waals surface area contributed by atoms with E-state index in [1.165, 1.54) is 24.3 Å². The fourth-order valence-corrected chi connectivity index (χ4v) is 1.33. The molecule has 0 aromatic heterocycles. The number of carbonyl (C=O) groups excluding carboxylic acids is 3. The van der Waals surface area contributed by atoms with E-state index in [4.69, 9.17) is 16.3 Å². The standard InChI is InChI=1S/C12H11ClO6/c1-17-11(15)9(12(16)18-2)19-8-5-3-7(4-6-8)10(13)14/h3-6,9H,1-2H3. The molecule has 0 N–H and O–H groups in total. The second kappa shape index (κ2) is 6.75. The molecule has 1 rings (SSSR count). The maximum absolute atomic E-state index is 11.4. The van der Waals surface area contributed by atoms with E-state index in [2.05, 4.69) is 9.47 Å². The van der Waals surface area contributed by atoms with Gasteiger partial charge in [-0.2, -0.15) is 0 Å². The van der Waals surface area contributed by atoms with Crippen LogP contribution >= 0.6 is 11.6 Å². The fraction of sp³-hybridized carbons (Fsp3) is 0.250. The van der Waals surface area contributed by atoms with Gasteiger partial charge in [0.05, 0.1) is 14.2 Å². The molecule has 0 aliphatic carbocycles. The van der Waals surface area contributed by atoms with Crippen LogP contribution in [0.3, 0.4) is 0 Å². The Morgan fingerprint density at radius 2 is 1.47 bits per heavy atom. The minimum Gasteiger partial charge on any atom is -0.467 e. The highest BCUT2D eigenvalue weighted by atomic mass is 35.5. The Kier molecular flexibility index (Phi) is 5.32. The molecule has 0 bridgehead atoms. The SMILES string of the molecule is COC(=O)C(Oc1ccc(C(=O)Cl)cc1)C(=O)OC. The van der Waals surface area contributed by atoms with Crippen LogP contribution in [0.1, 0.15) is 10.4 Å². The van der Waals surface area contributed by atoms with Crippen molar-refractivity contribution >= 4 is 28.8 Å². The van der Waals surface area contributed by atoms with Crippen LogP contribution in [0, 0.1) is 0 Å². The topological polar surface area (TPSA) is 78.9 Å². The van der Waals surface area contributed by atoms with Gasteiger partial charge in [0.1, 0.15) is 5.75 Å². The van der Waals surface area contributed by atoms with Crippen LogP contribution in [-0.2, 0) is 19.1 Å². The first-order valence-corrected chi connectivity index (χ1v) is 5.49. The van der Waals surface area contributed by atoms with Gasteiger partial charge in [-0.3, -0.25) is 4.79 Å². The molecule has 0 saturated carbocycles. The van der Waals surface area contributed by atoms with Crippen molar-refractivity contribution < 1.29 is 28.6 Å². The Morgan fingerprint density at radius 1 is 1.00 bits per heavy atom. The quantitative estimate of drug-likeness (QED) is 0.459. The zero-order valence-corrected chi connectivity index (χ0v) is 11.0. The number of esters is 2. The highest BCUT2D eigenvalue weighted by Gasteiger charge is 2.30. The van der Waals surface area contributed by atoms with Crippen molar-refractivity contribution in [1.82, 2.24) is 0 Å². The molecule has 6 nitrogen and oxygen atoms in total. The summed E-state index contributed by atoms with van der Waals surface area (Å²) in [6.07, 6.45) is -1.52. The van der Waals surface area contributed by atoms with Crippen molar-refractivity contribution in [3.63, 3.8) is 0 Å². The monoisotopic (exact) mass is 286 g/mol. The predicted molar refractivity (Wildman–Crippen MR) is 65.1 cm³/mol. The second-order valence-corrected chi connectivity index (χ2v) is 3.69. The van der Waals surface area contributed by atoms with Crippen molar-refractivity contribution in [2.45, 2.75) is 6.10 Å². The van der Waals surface area contributed by atoms with E-state index in [0.29, 0.717) is 0 Å². The first-order chi connectivity index (χ1) is 8.99. The van der Waals surface area contributed by atoms with Gasteiger partial charge in [-0.05, 0) is 35.9 Å². The van der Waals surface area contributed by atoms with E-state index in [-0.39, 0.29) is 11.3 Å². The van der Waals surface area contributed by atoms with Gasteiger partial charge in [0.2, 0.25) is 0 Å². The van der Waals surface area contributed by atoms with Crippen LogP contribution in [0.2, 0.25) is 0 Å². The van der Waals surface area contributed by atoms with Crippen molar-refractivity contribution in [1.29, 1.82) is 0 Å². The summed E-state index contributed by atoms with van der Waals surface area (Å²) in [6, 6.07) is 5.59. The summed E-state index contributed by atoms with van der Waals surface area (Å²) in [4.78, 5) is 33.6. The van der Waals surface area contributed by atoms with Gasteiger partial charge in [0, 0.05) is 5.56 Å². The summed E-state index contributed by atoms with van der Waals surface area (Å²) < 4.78 is 14.0. The summed E-state index contributed by atoms with van der Waals surface area (Å²) in [5.41, 5.74) is 0.265. The molecule has 0 amide bonds. The molecule has 0 radical (unpaired) electrons. The van der Waals surface area contributed by atoms with Gasteiger partial charge in [0.25, 0.3) is 11.3 Å². The van der Waals surface area contributed by atoms with Crippen LogP contribution in [0.25, 0.3) is 0 Å². The van der Waals surface area contributed by atoms with Gasteiger partial charge in [-0.15, -0.1) is 0 Å². The van der Waals surface area contributed by atoms with Crippen molar-refractivity contribution in [2.75, 3.05) is 14.2 Å². The van der Waals surface area contributed by atoms with Gasteiger partial charge < -0.3 is 14.2 Å². The number of hydrogen-bond acceptors (Lipinski definition) is 6. The highest BCUT2D eigenvalue weighted by Crippen LogP contribution is 2.16. The molecule has 0 atom stereocenters. The number of ether oxygens (including phenoxy) is 3. The molecule has 1 aromatic rings. The molecule has 0 aliphatic rings. The van der Waals surface area contributed by atoms with Crippen LogP contribution in [0.15, 0.2) is 24.3 Å². The van der Waals surface area contributed by atoms with E-state index in [0.717, 1.165) is 14.2 Å². The third-order valence-electron chi connectivity index (χ3n) is 2.17. The molecule has 19 heavy (non-hydrogen) atoms. The summed E-state index contributed by atoms with van der Waals surface area (Å²) in [5.74, 6) is -1.57. The summed E-state index contributed by atoms with van der Waals surface area (Å²) >= 11 is 5.28. The Balaban J connectivity index is 2.87. The molecular formula is C12H11ClO6. The minimum atomic E-state index is -1.52. The fourth-order valence-electron chi connectivity index (χ4n) is 1.21. The number of benzene rings is 1. The number of methoxy groups -OCH3 is 2. The van der Waals surface area contributed by atoms with Gasteiger partial charge >= 0.3 is 11.9 Å². The molecule has 0 heterocycles.